The Morgan fingerprint density at radius 2 is 2.00 bits per heavy atom. The van der Waals surface area contributed by atoms with Crippen molar-refractivity contribution in [3.05, 3.63) is 35.8 Å². The lowest BCUT2D eigenvalue weighted by atomic mass is 10.1. The predicted octanol–water partition coefficient (Wildman–Crippen LogP) is 2.87. The molecular weight excluding hydrogens is 226 g/mol. The zero-order valence-electron chi connectivity index (χ0n) is 16.3. The molecule has 100 valence electrons. The van der Waals surface area contributed by atoms with Crippen molar-refractivity contribution in [3.63, 3.8) is 0 Å². The Hall–Kier alpha value is -1.35. The van der Waals surface area contributed by atoms with E-state index in [0.717, 1.165) is 6.54 Å². The molecule has 1 aromatic carbocycles. The molecule has 0 heterocycles. The number of hydrogen-bond acceptors (Lipinski definition) is 3. The third kappa shape index (κ3) is 5.32. The molecule has 0 saturated carbocycles. The highest BCUT2D eigenvalue weighted by Crippen LogP contribution is 2.07. The van der Waals surface area contributed by atoms with Crippen LogP contribution in [0.4, 0.5) is 0 Å². The van der Waals surface area contributed by atoms with Crippen molar-refractivity contribution in [3.8, 4) is 0 Å². The van der Waals surface area contributed by atoms with Crippen LogP contribution >= 0.6 is 0 Å². The quantitative estimate of drug-likeness (QED) is 0.793. The summed E-state index contributed by atoms with van der Waals surface area (Å²) in [6.45, 7) is 8.62. The second-order valence-electron chi connectivity index (χ2n) is 5.23. The number of benzene rings is 1. The lowest BCUT2D eigenvalue weighted by Gasteiger charge is -2.26. The van der Waals surface area contributed by atoms with E-state index < -0.39 is 47.3 Å². The molecule has 0 radical (unpaired) electrons. The van der Waals surface area contributed by atoms with Crippen molar-refractivity contribution < 1.29 is 16.4 Å². The fourth-order valence-corrected chi connectivity index (χ4v) is 1.20. The number of ether oxygens (including phenoxy) is 1. The zero-order chi connectivity index (χ0) is 17.9. The maximum Gasteiger partial charge on any atom is 0.338 e. The normalized spacial score (nSPS) is 15.5. The largest absolute Gasteiger partial charge is 0.460 e. The number of carbonyl (C=O) groups is 1. The number of nitrogens with one attached hydrogen (secondary N) is 1. The van der Waals surface area contributed by atoms with Crippen LogP contribution in [0.25, 0.3) is 0 Å². The van der Waals surface area contributed by atoms with Gasteiger partial charge in [-0.05, 0) is 38.4 Å². The molecule has 0 amide bonds. The van der Waals surface area contributed by atoms with Crippen LogP contribution in [-0.4, -0.2) is 24.7 Å². The molecule has 0 aliphatic heterocycles. The lowest BCUT2D eigenvalue weighted by Crippen LogP contribution is -2.45. The number of carbonyl (C=O) groups excluding carboxylic acids is 1. The first kappa shape index (κ1) is 8.70. The first-order valence-electron chi connectivity index (χ1n) is 8.47. The van der Waals surface area contributed by atoms with E-state index in [-0.39, 0.29) is 6.61 Å². The van der Waals surface area contributed by atoms with Gasteiger partial charge in [-0.3, -0.25) is 0 Å². The minimum absolute atomic E-state index is 0.0285. The molecule has 0 spiro atoms. The van der Waals surface area contributed by atoms with E-state index >= 15 is 0 Å². The second kappa shape index (κ2) is 6.55. The highest BCUT2D eigenvalue weighted by Gasteiger charge is 2.20. The molecule has 0 aliphatic rings. The molecule has 0 unspecified atom stereocenters. The fraction of sp³-hybridized carbons (Fsp3) is 0.533. The van der Waals surface area contributed by atoms with Gasteiger partial charge in [-0.15, -0.1) is 0 Å². The van der Waals surface area contributed by atoms with Gasteiger partial charge in [-0.2, -0.15) is 0 Å². The first-order chi connectivity index (χ1) is 10.5. The smallest absolute Gasteiger partial charge is 0.338 e. The van der Waals surface area contributed by atoms with Gasteiger partial charge < -0.3 is 10.1 Å². The first-order valence-corrected chi connectivity index (χ1v) is 5.97. The standard InChI is InChI=1S/C15H23NO2/c1-12(2)10-16-15(3,4)11-18-14(17)13-8-6-5-7-9-13/h5-9,12,16H,10-11H2,1-4H3/i5D,6D,7D,8D,9D. The van der Waals surface area contributed by atoms with Crippen molar-refractivity contribution in [1.29, 1.82) is 0 Å². The Kier molecular flexibility index (Phi) is 3.16. The third-order valence-corrected chi connectivity index (χ3v) is 2.26. The van der Waals surface area contributed by atoms with Crippen LogP contribution in [0.15, 0.2) is 30.2 Å². The van der Waals surface area contributed by atoms with E-state index in [1.54, 1.807) is 0 Å². The summed E-state index contributed by atoms with van der Waals surface area (Å²) >= 11 is 0. The maximum absolute atomic E-state index is 12.2. The van der Waals surface area contributed by atoms with Gasteiger partial charge in [0.2, 0.25) is 0 Å². The number of rotatable bonds is 6. The lowest BCUT2D eigenvalue weighted by molar-refractivity contribution is 0.0398. The van der Waals surface area contributed by atoms with Gasteiger partial charge in [0.25, 0.3) is 0 Å². The molecule has 0 atom stereocenters. The van der Waals surface area contributed by atoms with Gasteiger partial charge in [-0.25, -0.2) is 4.79 Å². The Bertz CT molecular complexity index is 573. The summed E-state index contributed by atoms with van der Waals surface area (Å²) < 4.78 is 43.3. The van der Waals surface area contributed by atoms with Crippen molar-refractivity contribution in [1.82, 2.24) is 5.32 Å². The monoisotopic (exact) mass is 254 g/mol. The van der Waals surface area contributed by atoms with E-state index in [9.17, 15) is 4.79 Å². The van der Waals surface area contributed by atoms with Crippen molar-refractivity contribution >= 4 is 5.97 Å². The topological polar surface area (TPSA) is 38.3 Å². The molecule has 0 bridgehead atoms. The third-order valence-electron chi connectivity index (χ3n) is 2.26. The average molecular weight is 254 g/mol. The Balaban J connectivity index is 2.92. The molecule has 3 heteroatoms. The molecule has 0 saturated heterocycles. The van der Waals surface area contributed by atoms with E-state index in [1.165, 1.54) is 0 Å². The molecule has 0 aromatic heterocycles. The van der Waals surface area contributed by atoms with Crippen LogP contribution in [0, 0.1) is 5.92 Å². The molecule has 1 rings (SSSR count). The van der Waals surface area contributed by atoms with Crippen LogP contribution < -0.4 is 5.32 Å². The molecule has 0 fully saturated rings. The Labute approximate surface area is 117 Å². The van der Waals surface area contributed by atoms with Gasteiger partial charge >= 0.3 is 5.97 Å². The summed E-state index contributed by atoms with van der Waals surface area (Å²) in [5.74, 6) is -0.479. The van der Waals surface area contributed by atoms with E-state index in [0.29, 0.717) is 5.92 Å². The Morgan fingerprint density at radius 1 is 1.39 bits per heavy atom. The summed E-state index contributed by atoms with van der Waals surface area (Å²) in [5, 5.41) is 3.25. The van der Waals surface area contributed by atoms with Crippen molar-refractivity contribution in [2.75, 3.05) is 13.2 Å². The van der Waals surface area contributed by atoms with Crippen LogP contribution in [0.1, 0.15) is 44.9 Å². The van der Waals surface area contributed by atoms with E-state index in [2.05, 4.69) is 19.2 Å². The summed E-state index contributed by atoms with van der Waals surface area (Å²) in [6, 6.07) is -2.72. The van der Waals surface area contributed by atoms with Crippen LogP contribution in [-0.2, 0) is 4.74 Å². The fourth-order valence-electron chi connectivity index (χ4n) is 1.20. The zero-order valence-corrected chi connectivity index (χ0v) is 11.3. The Morgan fingerprint density at radius 3 is 2.56 bits per heavy atom. The SMILES string of the molecule is [2H]c1c([2H])c([2H])c(C(=O)OCC(C)(C)NCC(C)C)c([2H])c1[2H]. The molecule has 1 aromatic rings. The minimum Gasteiger partial charge on any atom is -0.460 e. The van der Waals surface area contributed by atoms with Crippen LogP contribution in [0.3, 0.4) is 0 Å². The molecule has 1 N–H and O–H groups in total. The highest BCUT2D eigenvalue weighted by atomic mass is 16.5. The molecular formula is C15H23NO2. The van der Waals surface area contributed by atoms with Gasteiger partial charge in [0.1, 0.15) is 6.61 Å². The number of hydrogen-bond donors (Lipinski definition) is 1. The minimum atomic E-state index is -0.915. The van der Waals surface area contributed by atoms with Gasteiger partial charge in [0.15, 0.2) is 0 Å². The summed E-state index contributed by atoms with van der Waals surface area (Å²) in [4.78, 5) is 12.2. The van der Waals surface area contributed by atoms with Crippen LogP contribution in [0.2, 0.25) is 0 Å². The van der Waals surface area contributed by atoms with E-state index in [4.69, 9.17) is 11.6 Å². The summed E-state index contributed by atoms with van der Waals surface area (Å²) in [7, 11) is 0. The van der Waals surface area contributed by atoms with Crippen molar-refractivity contribution in [2.24, 2.45) is 5.92 Å². The van der Waals surface area contributed by atoms with E-state index in [1.807, 2.05) is 13.8 Å². The second-order valence-corrected chi connectivity index (χ2v) is 5.23. The predicted molar refractivity (Wildman–Crippen MR) is 73.6 cm³/mol. The molecule has 3 nitrogen and oxygen atoms in total. The summed E-state index contributed by atoms with van der Waals surface area (Å²) in [6.07, 6.45) is 0. The highest BCUT2D eigenvalue weighted by molar-refractivity contribution is 5.89. The van der Waals surface area contributed by atoms with Gasteiger partial charge in [0, 0.05) is 5.54 Å². The molecule has 18 heavy (non-hydrogen) atoms. The van der Waals surface area contributed by atoms with Gasteiger partial charge in [0.05, 0.1) is 12.4 Å². The van der Waals surface area contributed by atoms with Crippen molar-refractivity contribution in [2.45, 2.75) is 33.2 Å². The van der Waals surface area contributed by atoms with Crippen LogP contribution in [0.5, 0.6) is 0 Å². The molecule has 0 aliphatic carbocycles. The maximum atomic E-state index is 12.2. The van der Waals surface area contributed by atoms with Gasteiger partial charge in [-0.1, -0.05) is 32.0 Å². The number of esters is 1. The summed E-state index contributed by atoms with van der Waals surface area (Å²) in [5.41, 5.74) is -0.913. The average Bonchev–Trinajstić information content (AvgIpc) is 2.47.